The van der Waals surface area contributed by atoms with Gasteiger partial charge < -0.3 is 9.47 Å². The van der Waals surface area contributed by atoms with Crippen molar-refractivity contribution in [1.29, 1.82) is 0 Å². The van der Waals surface area contributed by atoms with Crippen LogP contribution in [0.15, 0.2) is 24.3 Å². The molecule has 4 heteroatoms. The van der Waals surface area contributed by atoms with Crippen molar-refractivity contribution in [3.8, 4) is 5.75 Å². The second-order valence-corrected chi connectivity index (χ2v) is 6.28. The van der Waals surface area contributed by atoms with Crippen molar-refractivity contribution in [2.24, 2.45) is 0 Å². The maximum Gasteiger partial charge on any atom is 0.118 e. The first kappa shape index (κ1) is 18.8. The minimum absolute atomic E-state index is 0.516. The summed E-state index contributed by atoms with van der Waals surface area (Å²) in [6, 6.07) is 7.96. The Balaban J connectivity index is 1.84. The zero-order chi connectivity index (χ0) is 17.5. The van der Waals surface area contributed by atoms with Gasteiger partial charge in [-0.25, -0.2) is 0 Å². The lowest BCUT2D eigenvalue weighted by Gasteiger charge is -2.14. The summed E-state index contributed by atoms with van der Waals surface area (Å²) in [5.41, 5.74) is 7.04. The zero-order valence-corrected chi connectivity index (χ0v) is 15.7. The van der Waals surface area contributed by atoms with E-state index in [-0.39, 0.29) is 0 Å². The van der Waals surface area contributed by atoms with E-state index < -0.39 is 0 Å². The molecule has 0 unspecified atom stereocenters. The number of aromatic nitrogens is 1. The van der Waals surface area contributed by atoms with Crippen LogP contribution in [-0.2, 0) is 23.6 Å². The highest BCUT2D eigenvalue weighted by atomic mass is 35.5. The van der Waals surface area contributed by atoms with Gasteiger partial charge in [0.2, 0.25) is 0 Å². The first-order valence-corrected chi connectivity index (χ1v) is 8.82. The van der Waals surface area contributed by atoms with Gasteiger partial charge in [0.1, 0.15) is 5.75 Å². The highest BCUT2D eigenvalue weighted by Crippen LogP contribution is 2.22. The summed E-state index contributed by atoms with van der Waals surface area (Å²) in [5.74, 6) is 1.38. The van der Waals surface area contributed by atoms with Crippen LogP contribution in [0, 0.1) is 20.8 Å². The summed E-state index contributed by atoms with van der Waals surface area (Å²) in [7, 11) is 1.67. The highest BCUT2D eigenvalue weighted by Gasteiger charge is 2.11. The molecular formula is C20H26ClNO2. The van der Waals surface area contributed by atoms with Crippen LogP contribution in [-0.4, -0.2) is 18.7 Å². The largest absolute Gasteiger partial charge is 0.497 e. The Morgan fingerprint density at radius 1 is 1.04 bits per heavy atom. The van der Waals surface area contributed by atoms with Gasteiger partial charge in [0.15, 0.2) is 0 Å². The van der Waals surface area contributed by atoms with E-state index in [0.29, 0.717) is 19.1 Å². The molecule has 2 rings (SSSR count). The van der Waals surface area contributed by atoms with Gasteiger partial charge in [0.05, 0.1) is 13.7 Å². The molecule has 3 nitrogen and oxygen atoms in total. The predicted octanol–water partition coefficient (Wildman–Crippen LogP) is 4.90. The van der Waals surface area contributed by atoms with E-state index in [9.17, 15) is 0 Å². The fraction of sp³-hybridized carbons (Fsp3) is 0.450. The summed E-state index contributed by atoms with van der Waals surface area (Å²) in [6.45, 7) is 7.62. The number of rotatable bonds is 8. The van der Waals surface area contributed by atoms with Gasteiger partial charge in [-0.3, -0.25) is 4.98 Å². The first-order valence-electron chi connectivity index (χ1n) is 8.29. The molecule has 0 saturated heterocycles. The van der Waals surface area contributed by atoms with Gasteiger partial charge in [0, 0.05) is 23.9 Å². The standard InChI is InChI=1S/C20H26ClNO2/c1-14-15(2)19(12-21)20(22-16(14)3)6-5-11-24-13-17-7-9-18(23-4)10-8-17/h7-10H,5-6,11-13H2,1-4H3. The molecule has 1 aromatic heterocycles. The maximum absolute atomic E-state index is 6.13. The lowest BCUT2D eigenvalue weighted by Crippen LogP contribution is -2.06. The van der Waals surface area contributed by atoms with Crippen LogP contribution in [0.1, 0.15) is 40.1 Å². The number of benzene rings is 1. The normalized spacial score (nSPS) is 10.9. The van der Waals surface area contributed by atoms with Crippen molar-refractivity contribution in [2.45, 2.75) is 46.1 Å². The quantitative estimate of drug-likeness (QED) is 0.502. The van der Waals surface area contributed by atoms with Crippen molar-refractivity contribution >= 4 is 11.6 Å². The van der Waals surface area contributed by atoms with E-state index in [1.54, 1.807) is 7.11 Å². The SMILES string of the molecule is COc1ccc(COCCCc2nc(C)c(C)c(C)c2CCl)cc1. The number of methoxy groups -OCH3 is 1. The molecular weight excluding hydrogens is 322 g/mol. The van der Waals surface area contributed by atoms with Gasteiger partial charge in [-0.15, -0.1) is 11.6 Å². The zero-order valence-electron chi connectivity index (χ0n) is 15.0. The van der Waals surface area contributed by atoms with Gasteiger partial charge >= 0.3 is 0 Å². The molecule has 0 saturated carbocycles. The van der Waals surface area contributed by atoms with Crippen molar-refractivity contribution < 1.29 is 9.47 Å². The molecule has 24 heavy (non-hydrogen) atoms. The Kier molecular flexibility index (Phi) is 7.07. The highest BCUT2D eigenvalue weighted by molar-refractivity contribution is 6.17. The number of aryl methyl sites for hydroxylation is 2. The van der Waals surface area contributed by atoms with Crippen LogP contribution in [0.4, 0.5) is 0 Å². The molecule has 0 aliphatic carbocycles. The summed E-state index contributed by atoms with van der Waals surface area (Å²) in [4.78, 5) is 4.73. The van der Waals surface area contributed by atoms with Crippen LogP contribution in [0.5, 0.6) is 5.75 Å². The topological polar surface area (TPSA) is 31.4 Å². The van der Waals surface area contributed by atoms with Crippen LogP contribution >= 0.6 is 11.6 Å². The summed E-state index contributed by atoms with van der Waals surface area (Å²) >= 11 is 6.13. The number of nitrogens with zero attached hydrogens (tertiary/aromatic N) is 1. The van der Waals surface area contributed by atoms with Crippen molar-refractivity contribution in [1.82, 2.24) is 4.98 Å². The number of pyridine rings is 1. The fourth-order valence-electron chi connectivity index (χ4n) is 2.71. The Labute approximate surface area is 150 Å². The van der Waals surface area contributed by atoms with Crippen molar-refractivity contribution in [2.75, 3.05) is 13.7 Å². The van der Waals surface area contributed by atoms with Gasteiger partial charge in [0.25, 0.3) is 0 Å². The Morgan fingerprint density at radius 2 is 1.75 bits per heavy atom. The molecule has 1 aromatic carbocycles. The Hall–Kier alpha value is -1.58. The van der Waals surface area contributed by atoms with Crippen LogP contribution in [0.2, 0.25) is 0 Å². The molecule has 0 spiro atoms. The number of hydrogen-bond donors (Lipinski definition) is 0. The van der Waals surface area contributed by atoms with Crippen LogP contribution < -0.4 is 4.74 Å². The average molecular weight is 348 g/mol. The Bertz CT molecular complexity index is 668. The molecule has 2 aromatic rings. The monoisotopic (exact) mass is 347 g/mol. The lowest BCUT2D eigenvalue weighted by molar-refractivity contribution is 0.118. The molecule has 0 aliphatic heterocycles. The summed E-state index contributed by atoms with van der Waals surface area (Å²) < 4.78 is 10.9. The van der Waals surface area contributed by atoms with Gasteiger partial charge in [-0.1, -0.05) is 12.1 Å². The van der Waals surface area contributed by atoms with Gasteiger partial charge in [-0.05, 0) is 68.0 Å². The molecule has 0 aliphatic rings. The molecule has 0 amide bonds. The number of alkyl halides is 1. The molecule has 0 N–H and O–H groups in total. The van der Waals surface area contributed by atoms with Crippen LogP contribution in [0.25, 0.3) is 0 Å². The molecule has 0 radical (unpaired) electrons. The first-order chi connectivity index (χ1) is 11.6. The molecule has 130 valence electrons. The van der Waals surface area contributed by atoms with E-state index in [1.807, 2.05) is 24.3 Å². The number of hydrogen-bond acceptors (Lipinski definition) is 3. The molecule has 0 atom stereocenters. The third kappa shape index (κ3) is 4.71. The van der Waals surface area contributed by atoms with Crippen molar-refractivity contribution in [3.63, 3.8) is 0 Å². The molecule has 0 bridgehead atoms. The van der Waals surface area contributed by atoms with E-state index in [0.717, 1.165) is 35.5 Å². The van der Waals surface area contributed by atoms with Gasteiger partial charge in [-0.2, -0.15) is 0 Å². The average Bonchev–Trinajstić information content (AvgIpc) is 2.60. The predicted molar refractivity (Wildman–Crippen MR) is 99.0 cm³/mol. The van der Waals surface area contributed by atoms with Crippen LogP contribution in [0.3, 0.4) is 0 Å². The minimum atomic E-state index is 0.516. The molecule has 1 heterocycles. The van der Waals surface area contributed by atoms with Crippen molar-refractivity contribution in [3.05, 3.63) is 57.9 Å². The van der Waals surface area contributed by atoms with E-state index >= 15 is 0 Å². The fourth-order valence-corrected chi connectivity index (χ4v) is 3.06. The lowest BCUT2D eigenvalue weighted by atomic mass is 10.00. The summed E-state index contributed by atoms with van der Waals surface area (Å²) in [6.07, 6.45) is 1.83. The molecule has 0 fully saturated rings. The minimum Gasteiger partial charge on any atom is -0.497 e. The van der Waals surface area contributed by atoms with E-state index in [1.165, 1.54) is 16.7 Å². The maximum atomic E-state index is 6.13. The smallest absolute Gasteiger partial charge is 0.118 e. The number of ether oxygens (including phenoxy) is 2. The third-order valence-electron chi connectivity index (χ3n) is 4.47. The Morgan fingerprint density at radius 3 is 2.38 bits per heavy atom. The third-order valence-corrected chi connectivity index (χ3v) is 4.74. The second kappa shape index (κ2) is 9.05. The van der Waals surface area contributed by atoms with E-state index in [2.05, 4.69) is 20.8 Å². The summed E-state index contributed by atoms with van der Waals surface area (Å²) in [5, 5.41) is 0. The second-order valence-electron chi connectivity index (χ2n) is 6.01. The van der Waals surface area contributed by atoms with E-state index in [4.69, 9.17) is 26.1 Å². The number of halogens is 1.